The molecule has 2 rings (SSSR count). The average Bonchev–Trinajstić information content (AvgIpc) is 2.84. The maximum Gasteiger partial charge on any atom is 0.335 e. The number of carboxylic acids is 1. The molecule has 0 aromatic rings. The molecule has 1 radical (unpaired) electrons. The van der Waals surface area contributed by atoms with Crippen LogP contribution in [-0.2, 0) is 23.7 Å². The van der Waals surface area contributed by atoms with Gasteiger partial charge in [-0.05, 0) is 0 Å². The zero-order valence-electron chi connectivity index (χ0n) is 19.1. The fraction of sp³-hybridized carbons (Fsp3) is 0.944. The Morgan fingerprint density at radius 3 is 1.69 bits per heavy atom. The minimum Gasteiger partial charge on any atom is -0.479 e. The molecule has 0 bridgehead atoms. The van der Waals surface area contributed by atoms with Crippen LogP contribution < -0.4 is 0 Å². The van der Waals surface area contributed by atoms with Crippen molar-refractivity contribution in [3.8, 4) is 0 Å². The van der Waals surface area contributed by atoms with Gasteiger partial charge in [0.15, 0.2) is 18.7 Å². The molecule has 0 saturated carbocycles. The molecule has 0 aromatic heterocycles. The molecule has 207 valence electrons. The monoisotopic (exact) mass is 559 g/mol. The van der Waals surface area contributed by atoms with E-state index in [4.69, 9.17) is 24.1 Å². The summed E-state index contributed by atoms with van der Waals surface area (Å²) in [6, 6.07) is 0. The first-order valence-electron chi connectivity index (χ1n) is 10.5. The van der Waals surface area contributed by atoms with Gasteiger partial charge in [-0.2, -0.15) is 0 Å². The van der Waals surface area contributed by atoms with Gasteiger partial charge in [0.05, 0.1) is 19.8 Å². The number of aliphatic hydroxyl groups excluding tert-OH is 11. The molecule has 2 aliphatic heterocycles. The molecule has 2 saturated heterocycles. The summed E-state index contributed by atoms with van der Waals surface area (Å²) >= 11 is 0. The van der Waals surface area contributed by atoms with Crippen molar-refractivity contribution in [1.29, 1.82) is 0 Å². The van der Waals surface area contributed by atoms with Crippen LogP contribution in [0.5, 0.6) is 0 Å². The molecule has 2 fully saturated rings. The number of rotatable bonds is 11. The summed E-state index contributed by atoms with van der Waals surface area (Å²) in [5.74, 6) is -1.87. The minimum atomic E-state index is -2.42. The van der Waals surface area contributed by atoms with E-state index in [1.807, 2.05) is 0 Å². The summed E-state index contributed by atoms with van der Waals surface area (Å²) in [5.41, 5.74) is 0. The van der Waals surface area contributed by atoms with Gasteiger partial charge in [-0.15, -0.1) is 0 Å². The van der Waals surface area contributed by atoms with Crippen LogP contribution in [0.1, 0.15) is 0 Å². The molecule has 0 unspecified atom stereocenters. The third-order valence-corrected chi connectivity index (χ3v) is 5.69. The van der Waals surface area contributed by atoms with Gasteiger partial charge < -0.3 is 80.2 Å². The Balaban J connectivity index is 0.00000648. The van der Waals surface area contributed by atoms with E-state index in [2.05, 4.69) is 0 Å². The number of carboxylic acid groups (broad SMARTS) is 1. The van der Waals surface area contributed by atoms with E-state index in [9.17, 15) is 61.0 Å². The molecule has 2 heterocycles. The van der Waals surface area contributed by atoms with Crippen molar-refractivity contribution >= 4 is 57.4 Å². The van der Waals surface area contributed by atoms with Crippen molar-refractivity contribution in [1.82, 2.24) is 0 Å². The Morgan fingerprint density at radius 2 is 1.19 bits per heavy atom. The minimum absolute atomic E-state index is 0. The van der Waals surface area contributed by atoms with E-state index in [0.29, 0.717) is 0 Å². The van der Waals surface area contributed by atoms with E-state index in [-0.39, 0.29) is 51.4 Å². The molecule has 18 heteroatoms. The normalized spacial score (nSPS) is 40.5. The Kier molecular flexibility index (Phi) is 14.7. The maximum atomic E-state index is 10.7. The van der Waals surface area contributed by atoms with Crippen molar-refractivity contribution in [2.24, 2.45) is 0 Å². The quantitative estimate of drug-likeness (QED) is 0.105. The topological polar surface area (TPSA) is 297 Å². The molecule has 14 atom stereocenters. The zero-order valence-corrected chi connectivity index (χ0v) is 22.2. The van der Waals surface area contributed by atoms with Crippen molar-refractivity contribution < 1.29 is 85.0 Å². The molecule has 0 aromatic carbocycles. The molecule has 12 N–H and O–H groups in total. The van der Waals surface area contributed by atoms with Crippen LogP contribution in [0.25, 0.3) is 0 Å². The summed E-state index contributed by atoms with van der Waals surface area (Å²) in [6.07, 6.45) is -25.6. The Labute approximate surface area is 246 Å². The second-order valence-corrected chi connectivity index (χ2v) is 8.21. The van der Waals surface area contributed by atoms with Crippen molar-refractivity contribution in [3.63, 3.8) is 0 Å². The largest absolute Gasteiger partial charge is 0.479 e. The van der Waals surface area contributed by atoms with E-state index in [1.54, 1.807) is 0 Å². The summed E-state index contributed by atoms with van der Waals surface area (Å²) < 4.78 is 20.7. The summed E-state index contributed by atoms with van der Waals surface area (Å²) in [6.45, 7) is -2.25. The number of aliphatic carboxylic acids is 1. The second-order valence-electron chi connectivity index (χ2n) is 8.21. The number of hydrogen-bond donors (Lipinski definition) is 12. The molecule has 2 aliphatic rings. The van der Waals surface area contributed by atoms with Crippen molar-refractivity contribution in [2.45, 2.75) is 85.8 Å². The fourth-order valence-corrected chi connectivity index (χ4v) is 3.44. The standard InChI is InChI=1S/C18H32O17.K/c19-1-5-8(22)11(25)14(28)18(34-5)33-3-6-9(23)12(26)15(29)17(35-6)32-2-4(20)7(21)10(24)13(27)16(30)31;/h4-15,17-29H,1-3H2,(H,30,31);/t4-,5-,6-,7-,8+,9+,10+,11+,12+,13-,14-,15-,17+,18+;/m1./s1. The first kappa shape index (κ1) is 34.5. The predicted molar refractivity (Wildman–Crippen MR) is 110 cm³/mol. The third-order valence-electron chi connectivity index (χ3n) is 5.69. The smallest absolute Gasteiger partial charge is 0.335 e. The number of ether oxygens (including phenoxy) is 4. The van der Waals surface area contributed by atoms with Crippen LogP contribution >= 0.6 is 0 Å². The van der Waals surface area contributed by atoms with Crippen molar-refractivity contribution in [3.05, 3.63) is 0 Å². The predicted octanol–water partition coefficient (Wildman–Crippen LogP) is -8.23. The number of aliphatic hydroxyl groups is 11. The van der Waals surface area contributed by atoms with Gasteiger partial charge in [0.25, 0.3) is 0 Å². The zero-order chi connectivity index (χ0) is 26.6. The third kappa shape index (κ3) is 8.25. The van der Waals surface area contributed by atoms with E-state index in [1.165, 1.54) is 0 Å². The Morgan fingerprint density at radius 1 is 0.722 bits per heavy atom. The van der Waals surface area contributed by atoms with E-state index in [0.717, 1.165) is 0 Å². The fourth-order valence-electron chi connectivity index (χ4n) is 3.44. The van der Waals surface area contributed by atoms with Gasteiger partial charge in [0.2, 0.25) is 0 Å². The molecular formula is C18H32KO17. The van der Waals surface area contributed by atoms with Gasteiger partial charge in [0, 0.05) is 51.4 Å². The Bertz CT molecular complexity index is 672. The van der Waals surface area contributed by atoms with E-state index < -0.39 is 112 Å². The first-order chi connectivity index (χ1) is 16.3. The number of carbonyl (C=O) groups is 1. The molecule has 17 nitrogen and oxygen atoms in total. The maximum absolute atomic E-state index is 10.7. The van der Waals surface area contributed by atoms with Gasteiger partial charge in [-0.25, -0.2) is 4.79 Å². The van der Waals surface area contributed by atoms with Crippen LogP contribution in [-0.4, -0.2) is 224 Å². The van der Waals surface area contributed by atoms with Gasteiger partial charge >= 0.3 is 5.97 Å². The summed E-state index contributed by atoms with van der Waals surface area (Å²) in [5, 5.41) is 116. The number of hydrogen-bond acceptors (Lipinski definition) is 16. The SMILES string of the molecule is O=C(O)[C@H](O)[C@@H](O)[C@H](O)[C@H](O)CO[C@H]1O[C@H](CO[C@H]2O[C@H](CO)[C@H](O)[C@H](O)[C@H]2O)[C@H](O)[C@H](O)[C@H]1O.[K]. The van der Waals surface area contributed by atoms with Crippen LogP contribution in [0.2, 0.25) is 0 Å². The van der Waals surface area contributed by atoms with E-state index >= 15 is 0 Å². The molecule has 36 heavy (non-hydrogen) atoms. The summed E-state index contributed by atoms with van der Waals surface area (Å²) in [7, 11) is 0. The van der Waals surface area contributed by atoms with Crippen LogP contribution in [0.4, 0.5) is 0 Å². The molecular weight excluding hydrogens is 527 g/mol. The van der Waals surface area contributed by atoms with Gasteiger partial charge in [-0.3, -0.25) is 0 Å². The van der Waals surface area contributed by atoms with Crippen LogP contribution in [0.3, 0.4) is 0 Å². The first-order valence-corrected chi connectivity index (χ1v) is 10.5. The Hall–Kier alpha value is 0.506. The molecule has 0 spiro atoms. The van der Waals surface area contributed by atoms with Crippen LogP contribution in [0, 0.1) is 0 Å². The molecule has 0 aliphatic carbocycles. The second kappa shape index (κ2) is 15.3. The average molecular weight is 560 g/mol. The van der Waals surface area contributed by atoms with Gasteiger partial charge in [0.1, 0.15) is 67.1 Å². The van der Waals surface area contributed by atoms with Crippen molar-refractivity contribution in [2.75, 3.05) is 19.8 Å². The van der Waals surface area contributed by atoms with Gasteiger partial charge in [-0.1, -0.05) is 0 Å². The molecule has 0 amide bonds. The van der Waals surface area contributed by atoms with Crippen LogP contribution in [0.15, 0.2) is 0 Å². The summed E-state index contributed by atoms with van der Waals surface area (Å²) in [4.78, 5) is 10.7.